The van der Waals surface area contributed by atoms with Crippen LogP contribution in [0.5, 0.6) is 0 Å². The lowest BCUT2D eigenvalue weighted by Gasteiger charge is -2.14. The summed E-state index contributed by atoms with van der Waals surface area (Å²) in [5.74, 6) is -4.77. The van der Waals surface area contributed by atoms with E-state index >= 15 is 0 Å². The van der Waals surface area contributed by atoms with E-state index in [1.807, 2.05) is 0 Å². The smallest absolute Gasteiger partial charge is 0.263 e. The molecular weight excluding hydrogens is 243 g/mol. The maximum atomic E-state index is 13.8. The lowest BCUT2D eigenvalue weighted by molar-refractivity contribution is -0.142. The molecule has 0 unspecified atom stereocenters. The molecule has 0 N–H and O–H groups in total. The van der Waals surface area contributed by atoms with Crippen LogP contribution >= 0.6 is 0 Å². The van der Waals surface area contributed by atoms with Gasteiger partial charge in [-0.3, -0.25) is 4.68 Å². The molecule has 7 heteroatoms. The topological polar surface area (TPSA) is 17.8 Å². The minimum absolute atomic E-state index is 0.0213. The fourth-order valence-electron chi connectivity index (χ4n) is 2.71. The molecule has 0 aromatic carbocycles. The van der Waals surface area contributed by atoms with Gasteiger partial charge in [-0.05, 0) is 19.3 Å². The number of rotatable bonds is 1. The van der Waals surface area contributed by atoms with E-state index < -0.39 is 35.3 Å². The van der Waals surface area contributed by atoms with Gasteiger partial charge in [-0.25, -0.2) is 0 Å². The van der Waals surface area contributed by atoms with Crippen LogP contribution in [0.2, 0.25) is 0 Å². The van der Waals surface area contributed by atoms with E-state index in [-0.39, 0.29) is 18.5 Å². The van der Waals surface area contributed by atoms with Gasteiger partial charge in [0.05, 0.1) is 0 Å². The zero-order valence-electron chi connectivity index (χ0n) is 8.85. The molecule has 0 amide bonds. The summed E-state index contributed by atoms with van der Waals surface area (Å²) in [6.45, 7) is 1.53. The second-order valence-corrected chi connectivity index (χ2v) is 4.50. The van der Waals surface area contributed by atoms with Gasteiger partial charge in [0.15, 0.2) is 5.69 Å². The van der Waals surface area contributed by atoms with Gasteiger partial charge in [-0.15, -0.1) is 0 Å². The minimum Gasteiger partial charge on any atom is -0.263 e. The number of aryl methyl sites for hydroxylation is 1. The summed E-state index contributed by atoms with van der Waals surface area (Å²) < 4.78 is 66.5. The highest BCUT2D eigenvalue weighted by Crippen LogP contribution is 2.68. The Labute approximate surface area is 93.4 Å². The first-order valence-electron chi connectivity index (χ1n) is 5.34. The van der Waals surface area contributed by atoms with Crippen LogP contribution in [0.1, 0.15) is 36.2 Å². The molecule has 0 bridgehead atoms. The van der Waals surface area contributed by atoms with Gasteiger partial charge < -0.3 is 0 Å². The van der Waals surface area contributed by atoms with Crippen molar-refractivity contribution in [3.63, 3.8) is 0 Å². The molecule has 1 heterocycles. The van der Waals surface area contributed by atoms with E-state index in [1.165, 1.54) is 6.92 Å². The van der Waals surface area contributed by atoms with Crippen molar-refractivity contribution in [2.24, 2.45) is 5.92 Å². The molecule has 2 aliphatic carbocycles. The maximum Gasteiger partial charge on any atom is 0.435 e. The van der Waals surface area contributed by atoms with Crippen molar-refractivity contribution in [2.75, 3.05) is 0 Å². The molecule has 17 heavy (non-hydrogen) atoms. The average molecular weight is 252 g/mol. The van der Waals surface area contributed by atoms with Crippen LogP contribution in [0, 0.1) is 5.92 Å². The summed E-state index contributed by atoms with van der Waals surface area (Å²) in [5.41, 5.74) is -1.91. The van der Waals surface area contributed by atoms with Gasteiger partial charge in [0.1, 0.15) is 5.69 Å². The third-order valence-electron chi connectivity index (χ3n) is 3.50. The minimum atomic E-state index is -4.65. The monoisotopic (exact) mass is 252 g/mol. The molecule has 1 saturated carbocycles. The molecule has 1 aromatic heterocycles. The Balaban J connectivity index is 2.24. The maximum absolute atomic E-state index is 13.8. The number of alkyl halides is 5. The van der Waals surface area contributed by atoms with E-state index in [1.54, 1.807) is 0 Å². The van der Waals surface area contributed by atoms with Gasteiger partial charge in [0.25, 0.3) is 5.92 Å². The average Bonchev–Trinajstić information content (AvgIpc) is 2.83. The van der Waals surface area contributed by atoms with Gasteiger partial charge in [-0.1, -0.05) is 0 Å². The van der Waals surface area contributed by atoms with Crippen molar-refractivity contribution >= 4 is 0 Å². The van der Waals surface area contributed by atoms with Crippen molar-refractivity contribution in [3.8, 4) is 0 Å². The van der Waals surface area contributed by atoms with E-state index in [2.05, 4.69) is 5.10 Å². The molecule has 0 saturated heterocycles. The second kappa shape index (κ2) is 2.81. The van der Waals surface area contributed by atoms with Crippen LogP contribution in [-0.2, 0) is 18.6 Å². The molecule has 2 aliphatic rings. The summed E-state index contributed by atoms with van der Waals surface area (Å²) in [6, 6.07) is 0. The normalized spacial score (nSPS) is 29.1. The van der Waals surface area contributed by atoms with Crippen molar-refractivity contribution in [2.45, 2.75) is 37.9 Å². The Morgan fingerprint density at radius 1 is 1.41 bits per heavy atom. The first-order chi connectivity index (χ1) is 7.78. The Hall–Kier alpha value is -1.14. The van der Waals surface area contributed by atoms with Crippen molar-refractivity contribution in [3.05, 3.63) is 17.0 Å². The van der Waals surface area contributed by atoms with Gasteiger partial charge >= 0.3 is 6.18 Å². The SMILES string of the molecule is CCn1nc(C(F)(F)F)c2c1C(F)(F)[C@@H]1C[C@H]21. The third kappa shape index (κ3) is 1.22. The van der Waals surface area contributed by atoms with Gasteiger partial charge in [0.2, 0.25) is 0 Å². The number of hydrogen-bond donors (Lipinski definition) is 0. The molecule has 3 rings (SSSR count). The number of nitrogens with zero attached hydrogens (tertiary/aromatic N) is 2. The van der Waals surface area contributed by atoms with E-state index in [0.717, 1.165) is 4.68 Å². The Morgan fingerprint density at radius 2 is 2.06 bits per heavy atom. The zero-order chi connectivity index (χ0) is 12.6. The van der Waals surface area contributed by atoms with E-state index in [0.29, 0.717) is 0 Å². The molecule has 0 spiro atoms. The predicted octanol–water partition coefficient (Wildman–Crippen LogP) is 3.13. The zero-order valence-corrected chi connectivity index (χ0v) is 8.85. The number of fused-ring (bicyclic) bond motifs is 3. The molecule has 94 valence electrons. The van der Waals surface area contributed by atoms with E-state index in [9.17, 15) is 22.0 Å². The van der Waals surface area contributed by atoms with Crippen LogP contribution < -0.4 is 0 Å². The summed E-state index contributed by atoms with van der Waals surface area (Å²) in [6.07, 6.45) is -4.52. The summed E-state index contributed by atoms with van der Waals surface area (Å²) in [4.78, 5) is 0. The highest BCUT2D eigenvalue weighted by molar-refractivity contribution is 5.46. The van der Waals surface area contributed by atoms with Crippen molar-refractivity contribution in [1.82, 2.24) is 9.78 Å². The van der Waals surface area contributed by atoms with Crippen LogP contribution in [0.25, 0.3) is 0 Å². The van der Waals surface area contributed by atoms with Crippen LogP contribution in [-0.4, -0.2) is 9.78 Å². The highest BCUT2D eigenvalue weighted by atomic mass is 19.4. The summed E-state index contributed by atoms with van der Waals surface area (Å²) in [5, 5.41) is 3.31. The Kier molecular flexibility index (Phi) is 1.82. The van der Waals surface area contributed by atoms with Crippen LogP contribution in [0.3, 0.4) is 0 Å². The fourth-order valence-corrected chi connectivity index (χ4v) is 2.71. The Morgan fingerprint density at radius 3 is 2.59 bits per heavy atom. The molecular formula is C10H9F5N2. The number of hydrogen-bond acceptors (Lipinski definition) is 1. The van der Waals surface area contributed by atoms with Crippen LogP contribution in [0.15, 0.2) is 0 Å². The quantitative estimate of drug-likeness (QED) is 0.702. The predicted molar refractivity (Wildman–Crippen MR) is 47.6 cm³/mol. The first kappa shape index (κ1) is 11.0. The number of halogens is 5. The van der Waals surface area contributed by atoms with E-state index in [4.69, 9.17) is 0 Å². The van der Waals surface area contributed by atoms with Crippen LogP contribution in [0.4, 0.5) is 22.0 Å². The van der Waals surface area contributed by atoms with Gasteiger partial charge in [-0.2, -0.15) is 27.1 Å². The molecule has 2 nitrogen and oxygen atoms in total. The largest absolute Gasteiger partial charge is 0.435 e. The summed E-state index contributed by atoms with van der Waals surface area (Å²) >= 11 is 0. The fraction of sp³-hybridized carbons (Fsp3) is 0.700. The highest BCUT2D eigenvalue weighted by Gasteiger charge is 2.68. The standard InChI is InChI=1S/C10H9F5N2/c1-2-17-8-6(7(16-17)10(13,14)15)4-3-5(4)9(8,11)12/h4-5H,2-3H2,1H3/t4-,5+/m0/s1. The first-order valence-corrected chi connectivity index (χ1v) is 5.34. The molecule has 1 fully saturated rings. The Bertz CT molecular complexity index is 488. The number of aromatic nitrogens is 2. The molecule has 0 radical (unpaired) electrons. The third-order valence-corrected chi connectivity index (χ3v) is 3.50. The molecule has 1 aromatic rings. The lowest BCUT2D eigenvalue weighted by Crippen LogP contribution is -2.19. The molecule has 2 atom stereocenters. The van der Waals surface area contributed by atoms with Gasteiger partial charge in [0, 0.05) is 18.0 Å². The lowest BCUT2D eigenvalue weighted by atomic mass is 10.1. The summed E-state index contributed by atoms with van der Waals surface area (Å²) in [7, 11) is 0. The second-order valence-electron chi connectivity index (χ2n) is 4.50. The van der Waals surface area contributed by atoms with Crippen molar-refractivity contribution in [1.29, 1.82) is 0 Å². The van der Waals surface area contributed by atoms with Crippen molar-refractivity contribution < 1.29 is 22.0 Å². The molecule has 0 aliphatic heterocycles.